The molecule has 0 saturated carbocycles. The summed E-state index contributed by atoms with van der Waals surface area (Å²) in [5.74, 6) is -0.836. The highest BCUT2D eigenvalue weighted by atomic mass is 16.6. The first-order chi connectivity index (χ1) is 30.5. The van der Waals surface area contributed by atoms with Crippen LogP contribution in [0.15, 0.2) is 0 Å². The van der Waals surface area contributed by atoms with Crippen molar-refractivity contribution in [3.05, 3.63) is 0 Å². The number of carbonyl (C=O) groups is 3. The van der Waals surface area contributed by atoms with Crippen LogP contribution in [0.2, 0.25) is 0 Å². The molecule has 0 saturated heterocycles. The van der Waals surface area contributed by atoms with E-state index in [1.54, 1.807) is 0 Å². The van der Waals surface area contributed by atoms with Crippen molar-refractivity contribution in [2.75, 3.05) is 13.2 Å². The molecule has 0 unspecified atom stereocenters. The molecule has 0 N–H and O–H groups in total. The van der Waals surface area contributed by atoms with Gasteiger partial charge in [0.1, 0.15) is 13.2 Å². The van der Waals surface area contributed by atoms with Crippen LogP contribution in [0.4, 0.5) is 0 Å². The second-order valence-electron chi connectivity index (χ2n) is 19.2. The lowest BCUT2D eigenvalue weighted by atomic mass is 10.0. The minimum absolute atomic E-state index is 0.0614. The van der Waals surface area contributed by atoms with Crippen molar-refractivity contribution < 1.29 is 28.6 Å². The highest BCUT2D eigenvalue weighted by Gasteiger charge is 2.19. The van der Waals surface area contributed by atoms with Crippen molar-refractivity contribution in [2.45, 2.75) is 329 Å². The van der Waals surface area contributed by atoms with Crippen molar-refractivity contribution in [3.8, 4) is 0 Å². The van der Waals surface area contributed by atoms with Gasteiger partial charge >= 0.3 is 17.9 Å². The molecule has 0 radical (unpaired) electrons. The first kappa shape index (κ1) is 60.4. The number of unbranched alkanes of at least 4 members (excludes halogenated alkanes) is 41. The Kier molecular flexibility index (Phi) is 50.7. The normalized spacial score (nSPS) is 11.9. The Morgan fingerprint density at radius 3 is 0.645 bits per heavy atom. The van der Waals surface area contributed by atoms with Crippen LogP contribution in [0, 0.1) is 0 Å². The zero-order chi connectivity index (χ0) is 45.1. The zero-order valence-corrected chi connectivity index (χ0v) is 42.2. The summed E-state index contributed by atoms with van der Waals surface area (Å²) in [5.41, 5.74) is 0. The predicted molar refractivity (Wildman–Crippen MR) is 266 cm³/mol. The first-order valence-corrected chi connectivity index (χ1v) is 28.0. The van der Waals surface area contributed by atoms with Gasteiger partial charge in [-0.2, -0.15) is 0 Å². The molecular weight excluding hydrogens is 769 g/mol. The summed E-state index contributed by atoms with van der Waals surface area (Å²) >= 11 is 0. The lowest BCUT2D eigenvalue weighted by Crippen LogP contribution is -2.30. The maximum atomic E-state index is 12.8. The van der Waals surface area contributed by atoms with E-state index in [1.807, 2.05) is 0 Å². The smallest absolute Gasteiger partial charge is 0.306 e. The lowest BCUT2D eigenvalue weighted by molar-refractivity contribution is -0.167. The monoisotopic (exact) mass is 877 g/mol. The maximum Gasteiger partial charge on any atom is 0.306 e. The van der Waals surface area contributed by atoms with Gasteiger partial charge in [0.2, 0.25) is 0 Å². The van der Waals surface area contributed by atoms with Crippen molar-refractivity contribution in [1.29, 1.82) is 0 Å². The van der Waals surface area contributed by atoms with Crippen LogP contribution >= 0.6 is 0 Å². The fourth-order valence-electron chi connectivity index (χ4n) is 8.62. The molecule has 0 heterocycles. The maximum absolute atomic E-state index is 12.8. The average molecular weight is 877 g/mol. The van der Waals surface area contributed by atoms with Gasteiger partial charge in [0.15, 0.2) is 6.10 Å². The number of esters is 3. The number of carbonyl (C=O) groups excluding carboxylic acids is 3. The Morgan fingerprint density at radius 1 is 0.258 bits per heavy atom. The fraction of sp³-hybridized carbons (Fsp3) is 0.946. The second kappa shape index (κ2) is 52.0. The molecular formula is C56H108O6. The summed E-state index contributed by atoms with van der Waals surface area (Å²) in [7, 11) is 0. The molecule has 6 heteroatoms. The van der Waals surface area contributed by atoms with E-state index in [9.17, 15) is 14.4 Å². The van der Waals surface area contributed by atoms with E-state index in [-0.39, 0.29) is 31.1 Å². The average Bonchev–Trinajstić information content (AvgIpc) is 3.27. The van der Waals surface area contributed by atoms with E-state index in [0.29, 0.717) is 19.3 Å². The molecule has 0 spiro atoms. The van der Waals surface area contributed by atoms with Gasteiger partial charge in [-0.3, -0.25) is 14.4 Å². The molecule has 0 aliphatic heterocycles. The van der Waals surface area contributed by atoms with Crippen LogP contribution in [-0.2, 0) is 28.6 Å². The molecule has 0 amide bonds. The van der Waals surface area contributed by atoms with Crippen molar-refractivity contribution >= 4 is 17.9 Å². The van der Waals surface area contributed by atoms with Gasteiger partial charge in [-0.25, -0.2) is 0 Å². The van der Waals surface area contributed by atoms with E-state index < -0.39 is 6.10 Å². The third-order valence-electron chi connectivity index (χ3n) is 12.9. The SMILES string of the molecule is CCCCCCCCCCCCCCCCCCCCCC(=O)O[C@H](COC(=O)CCCCCCCCCCCCCC)COC(=O)CCCCCCCCCCCCCCC. The summed E-state index contributed by atoms with van der Waals surface area (Å²) in [6.07, 6.45) is 56.6. The summed E-state index contributed by atoms with van der Waals surface area (Å²) in [5, 5.41) is 0. The van der Waals surface area contributed by atoms with Crippen LogP contribution < -0.4 is 0 Å². The number of hydrogen-bond donors (Lipinski definition) is 0. The zero-order valence-electron chi connectivity index (χ0n) is 42.2. The standard InChI is InChI=1S/C56H108O6/c1-4-7-10-13-16-19-22-25-26-27-28-29-30-32-35-38-41-44-47-50-56(59)62-53(51-60-54(57)48-45-42-39-36-33-24-21-18-15-12-9-6-3)52-61-55(58)49-46-43-40-37-34-31-23-20-17-14-11-8-5-2/h53H,4-52H2,1-3H3/t53-/m1/s1. The fourth-order valence-corrected chi connectivity index (χ4v) is 8.62. The van der Waals surface area contributed by atoms with Gasteiger partial charge in [0.25, 0.3) is 0 Å². The van der Waals surface area contributed by atoms with Gasteiger partial charge in [-0.15, -0.1) is 0 Å². The van der Waals surface area contributed by atoms with Crippen LogP contribution in [0.5, 0.6) is 0 Å². The molecule has 0 aromatic heterocycles. The molecule has 368 valence electrons. The lowest BCUT2D eigenvalue weighted by Gasteiger charge is -2.18. The van der Waals surface area contributed by atoms with E-state index in [0.717, 1.165) is 57.8 Å². The van der Waals surface area contributed by atoms with Crippen LogP contribution in [0.1, 0.15) is 323 Å². The van der Waals surface area contributed by atoms with Gasteiger partial charge in [-0.1, -0.05) is 284 Å². The Balaban J connectivity index is 4.26. The van der Waals surface area contributed by atoms with Crippen LogP contribution in [0.3, 0.4) is 0 Å². The third-order valence-corrected chi connectivity index (χ3v) is 12.9. The van der Waals surface area contributed by atoms with Crippen LogP contribution in [-0.4, -0.2) is 37.2 Å². The van der Waals surface area contributed by atoms with Crippen LogP contribution in [0.25, 0.3) is 0 Å². The first-order valence-electron chi connectivity index (χ1n) is 28.0. The Morgan fingerprint density at radius 2 is 0.435 bits per heavy atom. The summed E-state index contributed by atoms with van der Waals surface area (Å²) < 4.78 is 16.9. The van der Waals surface area contributed by atoms with Crippen molar-refractivity contribution in [3.63, 3.8) is 0 Å². The topological polar surface area (TPSA) is 78.9 Å². The van der Waals surface area contributed by atoms with E-state index in [4.69, 9.17) is 14.2 Å². The highest BCUT2D eigenvalue weighted by molar-refractivity contribution is 5.71. The van der Waals surface area contributed by atoms with E-state index in [2.05, 4.69) is 20.8 Å². The number of ether oxygens (including phenoxy) is 3. The van der Waals surface area contributed by atoms with Gasteiger partial charge in [-0.05, 0) is 19.3 Å². The summed E-state index contributed by atoms with van der Waals surface area (Å²) in [4.78, 5) is 38.0. The Hall–Kier alpha value is -1.59. The minimum Gasteiger partial charge on any atom is -0.462 e. The predicted octanol–water partition coefficient (Wildman–Crippen LogP) is 18.4. The van der Waals surface area contributed by atoms with E-state index in [1.165, 1.54) is 225 Å². The van der Waals surface area contributed by atoms with Gasteiger partial charge in [0, 0.05) is 19.3 Å². The largest absolute Gasteiger partial charge is 0.462 e. The van der Waals surface area contributed by atoms with Crippen molar-refractivity contribution in [2.24, 2.45) is 0 Å². The molecule has 0 aromatic rings. The minimum atomic E-state index is -0.760. The van der Waals surface area contributed by atoms with Gasteiger partial charge < -0.3 is 14.2 Å². The quantitative estimate of drug-likeness (QED) is 0.0344. The molecule has 0 rings (SSSR count). The molecule has 0 aliphatic carbocycles. The van der Waals surface area contributed by atoms with E-state index >= 15 is 0 Å². The Labute approximate surface area is 387 Å². The molecule has 62 heavy (non-hydrogen) atoms. The molecule has 1 atom stereocenters. The summed E-state index contributed by atoms with van der Waals surface area (Å²) in [6, 6.07) is 0. The molecule has 6 nitrogen and oxygen atoms in total. The molecule has 0 aliphatic rings. The second-order valence-corrected chi connectivity index (χ2v) is 19.2. The van der Waals surface area contributed by atoms with Gasteiger partial charge in [0.05, 0.1) is 0 Å². The molecule has 0 bridgehead atoms. The summed E-state index contributed by atoms with van der Waals surface area (Å²) in [6.45, 7) is 6.69. The Bertz CT molecular complexity index is 920. The number of rotatable bonds is 52. The van der Waals surface area contributed by atoms with Crippen molar-refractivity contribution in [1.82, 2.24) is 0 Å². The highest BCUT2D eigenvalue weighted by Crippen LogP contribution is 2.17. The molecule has 0 fully saturated rings. The number of hydrogen-bond acceptors (Lipinski definition) is 6. The molecule has 0 aromatic carbocycles. The third kappa shape index (κ3) is 49.4.